The lowest BCUT2D eigenvalue weighted by atomic mass is 10.0. The van der Waals surface area contributed by atoms with Crippen molar-refractivity contribution in [1.29, 1.82) is 5.26 Å². The van der Waals surface area contributed by atoms with Crippen molar-refractivity contribution in [2.24, 2.45) is 0 Å². The Morgan fingerprint density at radius 2 is 2.47 bits per heavy atom. The summed E-state index contributed by atoms with van der Waals surface area (Å²) in [5, 5.41) is 8.67. The average molecular weight is 208 g/mol. The summed E-state index contributed by atoms with van der Waals surface area (Å²) in [7, 11) is 0. The molecule has 0 spiro atoms. The van der Waals surface area contributed by atoms with Gasteiger partial charge in [0.2, 0.25) is 0 Å². The molecule has 78 valence electrons. The molecule has 0 aliphatic rings. The van der Waals surface area contributed by atoms with Crippen LogP contribution in [0.2, 0.25) is 0 Å². The normalized spacial score (nSPS) is 13.7. The molecule has 1 unspecified atom stereocenters. The first-order chi connectivity index (χ1) is 7.15. The van der Waals surface area contributed by atoms with Gasteiger partial charge in [0.05, 0.1) is 6.61 Å². The van der Waals surface area contributed by atoms with E-state index >= 15 is 0 Å². The van der Waals surface area contributed by atoms with Gasteiger partial charge in [-0.1, -0.05) is 6.07 Å². The molecule has 0 saturated heterocycles. The number of carbonyl (C=O) groups is 1. The van der Waals surface area contributed by atoms with Gasteiger partial charge in [-0.2, -0.15) is 5.26 Å². The number of rotatable bonds is 3. The second kappa shape index (κ2) is 4.51. The maximum absolute atomic E-state index is 13.9. The topological polar surface area (TPSA) is 63.0 Å². The van der Waals surface area contributed by atoms with Crippen LogP contribution in [0.15, 0.2) is 24.4 Å². The molecule has 0 amide bonds. The highest BCUT2D eigenvalue weighted by molar-refractivity contribution is 5.84. The Hall–Kier alpha value is -1.96. The van der Waals surface area contributed by atoms with Crippen molar-refractivity contribution in [1.82, 2.24) is 4.98 Å². The summed E-state index contributed by atoms with van der Waals surface area (Å²) in [6.45, 7) is 1.55. The monoisotopic (exact) mass is 208 g/mol. The fourth-order valence-electron chi connectivity index (χ4n) is 1.00. The molecular formula is C10H9FN2O2. The van der Waals surface area contributed by atoms with Gasteiger partial charge in [0.15, 0.2) is 0 Å². The second-order valence-electron chi connectivity index (χ2n) is 2.71. The molecule has 0 N–H and O–H groups in total. The Balaban J connectivity index is 3.07. The van der Waals surface area contributed by atoms with E-state index in [4.69, 9.17) is 5.26 Å². The van der Waals surface area contributed by atoms with Crippen LogP contribution >= 0.6 is 0 Å². The Bertz CT molecular complexity index is 388. The van der Waals surface area contributed by atoms with E-state index in [-0.39, 0.29) is 12.3 Å². The standard InChI is InChI=1S/C10H9FN2O2/c1-2-15-9(14)10(11,7-12)8-5-3-4-6-13-8/h3-6H,2H2,1H3. The number of halogens is 1. The summed E-state index contributed by atoms with van der Waals surface area (Å²) < 4.78 is 18.4. The van der Waals surface area contributed by atoms with Crippen LogP contribution in [0.5, 0.6) is 0 Å². The van der Waals surface area contributed by atoms with Gasteiger partial charge < -0.3 is 4.74 Å². The maximum Gasteiger partial charge on any atom is 0.365 e. The van der Waals surface area contributed by atoms with Crippen molar-refractivity contribution in [3.05, 3.63) is 30.1 Å². The summed E-state index contributed by atoms with van der Waals surface area (Å²) in [6, 6.07) is 5.59. The number of ether oxygens (including phenoxy) is 1. The van der Waals surface area contributed by atoms with Crippen LogP contribution in [0.1, 0.15) is 12.6 Å². The van der Waals surface area contributed by atoms with E-state index < -0.39 is 11.6 Å². The van der Waals surface area contributed by atoms with Crippen LogP contribution in [-0.2, 0) is 15.2 Å². The molecule has 1 atom stereocenters. The predicted octanol–water partition coefficient (Wildman–Crippen LogP) is 1.33. The summed E-state index contributed by atoms with van der Waals surface area (Å²) in [4.78, 5) is 14.9. The molecule has 0 saturated carbocycles. The number of alkyl halides is 1. The fraction of sp³-hybridized carbons (Fsp3) is 0.300. The lowest BCUT2D eigenvalue weighted by Crippen LogP contribution is -2.32. The highest BCUT2D eigenvalue weighted by atomic mass is 19.1. The highest BCUT2D eigenvalue weighted by Gasteiger charge is 2.44. The number of esters is 1. The van der Waals surface area contributed by atoms with Crippen LogP contribution in [0.25, 0.3) is 0 Å². The summed E-state index contributed by atoms with van der Waals surface area (Å²) >= 11 is 0. The summed E-state index contributed by atoms with van der Waals surface area (Å²) in [5.41, 5.74) is -3.08. The van der Waals surface area contributed by atoms with E-state index in [1.54, 1.807) is 6.07 Å². The average Bonchev–Trinajstić information content (AvgIpc) is 2.29. The highest BCUT2D eigenvalue weighted by Crippen LogP contribution is 2.24. The van der Waals surface area contributed by atoms with Gasteiger partial charge in [-0.05, 0) is 19.1 Å². The quantitative estimate of drug-likeness (QED) is 0.703. The predicted molar refractivity (Wildman–Crippen MR) is 49.3 cm³/mol. The van der Waals surface area contributed by atoms with Crippen LogP contribution < -0.4 is 0 Å². The molecule has 0 aromatic carbocycles. The number of hydrogen-bond donors (Lipinski definition) is 0. The maximum atomic E-state index is 13.9. The summed E-state index contributed by atoms with van der Waals surface area (Å²) in [5.74, 6) is -1.23. The molecule has 0 aliphatic carbocycles. The summed E-state index contributed by atoms with van der Waals surface area (Å²) in [6.07, 6.45) is 1.31. The van der Waals surface area contributed by atoms with Crippen LogP contribution in [0.4, 0.5) is 4.39 Å². The fourth-order valence-corrected chi connectivity index (χ4v) is 1.00. The molecule has 1 aromatic rings. The van der Waals surface area contributed by atoms with Gasteiger partial charge in [0.25, 0.3) is 0 Å². The van der Waals surface area contributed by atoms with E-state index in [0.717, 1.165) is 0 Å². The number of pyridine rings is 1. The molecule has 0 bridgehead atoms. The minimum absolute atomic E-state index is 0.0129. The molecule has 5 heteroatoms. The van der Waals surface area contributed by atoms with Crippen molar-refractivity contribution in [3.63, 3.8) is 0 Å². The second-order valence-corrected chi connectivity index (χ2v) is 2.71. The van der Waals surface area contributed by atoms with Crippen molar-refractivity contribution in [2.75, 3.05) is 6.61 Å². The van der Waals surface area contributed by atoms with Crippen molar-refractivity contribution in [2.45, 2.75) is 12.6 Å². The largest absolute Gasteiger partial charge is 0.462 e. The lowest BCUT2D eigenvalue weighted by molar-refractivity contribution is -0.154. The number of nitrogens with zero attached hydrogens (tertiary/aromatic N) is 2. The first-order valence-corrected chi connectivity index (χ1v) is 4.34. The van der Waals surface area contributed by atoms with Crippen LogP contribution in [-0.4, -0.2) is 17.6 Å². The van der Waals surface area contributed by atoms with E-state index in [0.29, 0.717) is 0 Å². The molecule has 0 aliphatic heterocycles. The lowest BCUT2D eigenvalue weighted by Gasteiger charge is -2.14. The third-order valence-electron chi connectivity index (χ3n) is 1.73. The van der Waals surface area contributed by atoms with Gasteiger partial charge in [-0.25, -0.2) is 9.18 Å². The van der Waals surface area contributed by atoms with E-state index in [1.807, 2.05) is 0 Å². The molecule has 1 heterocycles. The van der Waals surface area contributed by atoms with E-state index in [2.05, 4.69) is 9.72 Å². The first kappa shape index (κ1) is 11.1. The van der Waals surface area contributed by atoms with Crippen molar-refractivity contribution < 1.29 is 13.9 Å². The number of nitriles is 1. The van der Waals surface area contributed by atoms with Gasteiger partial charge in [0.1, 0.15) is 11.8 Å². The zero-order valence-electron chi connectivity index (χ0n) is 8.11. The van der Waals surface area contributed by atoms with Gasteiger partial charge in [0, 0.05) is 6.20 Å². The first-order valence-electron chi connectivity index (χ1n) is 4.34. The van der Waals surface area contributed by atoms with Crippen LogP contribution in [0, 0.1) is 11.3 Å². The number of aromatic nitrogens is 1. The molecule has 4 nitrogen and oxygen atoms in total. The smallest absolute Gasteiger partial charge is 0.365 e. The SMILES string of the molecule is CCOC(=O)C(F)(C#N)c1ccccn1. The van der Waals surface area contributed by atoms with E-state index in [9.17, 15) is 9.18 Å². The minimum atomic E-state index is -2.82. The Morgan fingerprint density at radius 1 is 1.73 bits per heavy atom. The Labute approximate surface area is 86.3 Å². The Kier molecular flexibility index (Phi) is 3.34. The number of hydrogen-bond acceptors (Lipinski definition) is 4. The minimum Gasteiger partial charge on any atom is -0.462 e. The third-order valence-corrected chi connectivity index (χ3v) is 1.73. The Morgan fingerprint density at radius 3 is 2.93 bits per heavy atom. The van der Waals surface area contributed by atoms with Gasteiger partial charge in [-0.3, -0.25) is 4.98 Å². The molecule has 0 radical (unpaired) electrons. The zero-order valence-corrected chi connectivity index (χ0v) is 8.11. The third kappa shape index (κ3) is 2.10. The van der Waals surface area contributed by atoms with Gasteiger partial charge >= 0.3 is 11.6 Å². The van der Waals surface area contributed by atoms with Crippen LogP contribution in [0.3, 0.4) is 0 Å². The van der Waals surface area contributed by atoms with E-state index in [1.165, 1.54) is 31.3 Å². The molecule has 1 rings (SSSR count). The zero-order chi connectivity index (χ0) is 11.3. The number of carbonyl (C=O) groups excluding carboxylic acids is 1. The molecular weight excluding hydrogens is 199 g/mol. The van der Waals surface area contributed by atoms with Gasteiger partial charge in [-0.15, -0.1) is 0 Å². The molecule has 15 heavy (non-hydrogen) atoms. The van der Waals surface area contributed by atoms with Crippen molar-refractivity contribution in [3.8, 4) is 6.07 Å². The molecule has 0 fully saturated rings. The molecule has 1 aromatic heterocycles. The van der Waals surface area contributed by atoms with Crippen molar-refractivity contribution >= 4 is 5.97 Å².